The first-order valence-electron chi connectivity index (χ1n) is 11.8. The maximum absolute atomic E-state index is 10.6. The molecular formula is C25H37N3O3. The lowest BCUT2D eigenvalue weighted by molar-refractivity contribution is 0.0115. The third-order valence-electron chi connectivity index (χ3n) is 8.20. The second-order valence-electron chi connectivity index (χ2n) is 9.97. The van der Waals surface area contributed by atoms with Gasteiger partial charge in [-0.25, -0.2) is 0 Å². The van der Waals surface area contributed by atoms with Crippen LogP contribution in [0.3, 0.4) is 0 Å². The number of ether oxygens (including phenoxy) is 2. The van der Waals surface area contributed by atoms with E-state index < -0.39 is 0 Å². The van der Waals surface area contributed by atoms with E-state index in [1.54, 1.807) is 7.11 Å². The predicted octanol–water partition coefficient (Wildman–Crippen LogP) is 2.93. The minimum absolute atomic E-state index is 0.0477. The van der Waals surface area contributed by atoms with Crippen LogP contribution in [0.25, 0.3) is 10.9 Å². The first kappa shape index (κ1) is 21.3. The molecule has 0 saturated carbocycles. The molecule has 1 aromatic carbocycles. The summed E-state index contributed by atoms with van der Waals surface area (Å²) in [7, 11) is 6.14. The molecule has 1 N–H and O–H groups in total. The Kier molecular flexibility index (Phi) is 5.76. The molecule has 170 valence electrons. The minimum Gasteiger partial charge on any atom is -0.497 e. The molecule has 2 fully saturated rings. The lowest BCUT2D eigenvalue weighted by Gasteiger charge is -2.51. The molecule has 31 heavy (non-hydrogen) atoms. The summed E-state index contributed by atoms with van der Waals surface area (Å²) >= 11 is 0. The quantitative estimate of drug-likeness (QED) is 0.813. The number of hydrogen-bond acceptors (Lipinski definition) is 5. The van der Waals surface area contributed by atoms with Crippen LogP contribution in [0.5, 0.6) is 5.75 Å². The van der Waals surface area contributed by atoms with E-state index in [1.807, 2.05) is 0 Å². The van der Waals surface area contributed by atoms with E-state index >= 15 is 0 Å². The number of aliphatic hydroxyl groups excluding tert-OH is 1. The molecule has 2 saturated heterocycles. The molecule has 1 atom stereocenters. The lowest BCUT2D eigenvalue weighted by atomic mass is 9.68. The van der Waals surface area contributed by atoms with Gasteiger partial charge in [-0.1, -0.05) is 0 Å². The van der Waals surface area contributed by atoms with Gasteiger partial charge in [0, 0.05) is 55.9 Å². The normalized spacial score (nSPS) is 25.2. The van der Waals surface area contributed by atoms with Crippen LogP contribution < -0.4 is 4.74 Å². The molecule has 0 amide bonds. The van der Waals surface area contributed by atoms with Crippen molar-refractivity contribution in [2.45, 2.75) is 37.1 Å². The van der Waals surface area contributed by atoms with Crippen LogP contribution in [-0.2, 0) is 17.2 Å². The fourth-order valence-electron chi connectivity index (χ4n) is 6.37. The topological polar surface area (TPSA) is 50.1 Å². The summed E-state index contributed by atoms with van der Waals surface area (Å²) in [4.78, 5) is 5.07. The summed E-state index contributed by atoms with van der Waals surface area (Å²) in [5.41, 5.74) is 4.16. The van der Waals surface area contributed by atoms with E-state index in [2.05, 4.69) is 46.7 Å². The van der Waals surface area contributed by atoms with Crippen LogP contribution in [-0.4, -0.2) is 79.6 Å². The van der Waals surface area contributed by atoms with E-state index in [0.29, 0.717) is 5.92 Å². The number of nitrogens with zero attached hydrogens (tertiary/aromatic N) is 3. The molecule has 3 aliphatic heterocycles. The lowest BCUT2D eigenvalue weighted by Crippen LogP contribution is -2.54. The molecule has 1 spiro atoms. The van der Waals surface area contributed by atoms with Crippen molar-refractivity contribution in [3.05, 3.63) is 29.5 Å². The van der Waals surface area contributed by atoms with Crippen molar-refractivity contribution in [3.8, 4) is 5.75 Å². The Hall–Kier alpha value is -1.60. The van der Waals surface area contributed by atoms with Gasteiger partial charge >= 0.3 is 0 Å². The number of methoxy groups -OCH3 is 1. The van der Waals surface area contributed by atoms with E-state index in [9.17, 15) is 5.11 Å². The molecular weight excluding hydrogens is 390 g/mol. The Morgan fingerprint density at radius 1 is 1.16 bits per heavy atom. The summed E-state index contributed by atoms with van der Waals surface area (Å²) < 4.78 is 13.5. The SMILES string of the molecule is COc1ccc2c3c(n(C)c2c1)[C@H](CO)N(CC1CCOCC1)CC31CCN(C)CC1. The second kappa shape index (κ2) is 8.39. The number of aliphatic hydroxyl groups is 1. The minimum atomic E-state index is 0.0477. The van der Waals surface area contributed by atoms with E-state index in [-0.39, 0.29) is 18.1 Å². The third-order valence-corrected chi connectivity index (χ3v) is 8.20. The Morgan fingerprint density at radius 3 is 2.58 bits per heavy atom. The van der Waals surface area contributed by atoms with Crippen molar-refractivity contribution >= 4 is 10.9 Å². The van der Waals surface area contributed by atoms with Crippen LogP contribution in [0.1, 0.15) is 43.0 Å². The van der Waals surface area contributed by atoms with Crippen LogP contribution in [0.4, 0.5) is 0 Å². The molecule has 2 aromatic rings. The molecule has 3 aliphatic rings. The molecule has 0 bridgehead atoms. The molecule has 1 aromatic heterocycles. The smallest absolute Gasteiger partial charge is 0.120 e. The zero-order valence-electron chi connectivity index (χ0n) is 19.3. The molecule has 6 heteroatoms. The molecule has 0 aliphatic carbocycles. The van der Waals surface area contributed by atoms with Crippen LogP contribution in [0, 0.1) is 5.92 Å². The Bertz CT molecular complexity index is 926. The van der Waals surface area contributed by atoms with Gasteiger partial charge < -0.3 is 24.0 Å². The maximum atomic E-state index is 10.6. The van der Waals surface area contributed by atoms with Crippen LogP contribution in [0.15, 0.2) is 18.2 Å². The van der Waals surface area contributed by atoms with Gasteiger partial charge in [0.25, 0.3) is 0 Å². The van der Waals surface area contributed by atoms with E-state index in [4.69, 9.17) is 9.47 Å². The number of aromatic nitrogens is 1. The Morgan fingerprint density at radius 2 is 1.90 bits per heavy atom. The van der Waals surface area contributed by atoms with Crippen molar-refractivity contribution < 1.29 is 14.6 Å². The first-order valence-corrected chi connectivity index (χ1v) is 11.8. The summed E-state index contributed by atoms with van der Waals surface area (Å²) in [6.45, 7) is 6.25. The van der Waals surface area contributed by atoms with Gasteiger partial charge in [-0.3, -0.25) is 4.90 Å². The highest BCUT2D eigenvalue weighted by molar-refractivity contribution is 5.88. The second-order valence-corrected chi connectivity index (χ2v) is 9.97. The Labute approximate surface area is 185 Å². The van der Waals surface area contributed by atoms with Gasteiger partial charge in [-0.2, -0.15) is 0 Å². The number of hydrogen-bond donors (Lipinski definition) is 1. The van der Waals surface area contributed by atoms with Crippen molar-refractivity contribution in [1.82, 2.24) is 14.4 Å². The van der Waals surface area contributed by atoms with Gasteiger partial charge in [-0.15, -0.1) is 0 Å². The third kappa shape index (κ3) is 3.58. The number of aryl methyl sites for hydroxylation is 1. The van der Waals surface area contributed by atoms with Gasteiger partial charge in [-0.05, 0) is 69.4 Å². The number of rotatable bonds is 4. The zero-order chi connectivity index (χ0) is 21.6. The largest absolute Gasteiger partial charge is 0.497 e. The predicted molar refractivity (Wildman–Crippen MR) is 123 cm³/mol. The maximum Gasteiger partial charge on any atom is 0.120 e. The first-order chi connectivity index (χ1) is 15.1. The van der Waals surface area contributed by atoms with Crippen molar-refractivity contribution in [2.75, 3.05) is 60.2 Å². The molecule has 5 rings (SSSR count). The Balaban J connectivity index is 1.63. The highest BCUT2D eigenvalue weighted by atomic mass is 16.5. The fourth-order valence-corrected chi connectivity index (χ4v) is 6.37. The fraction of sp³-hybridized carbons (Fsp3) is 0.680. The molecule has 4 heterocycles. The standard InChI is InChI=1S/C25H37N3O3/c1-26-10-8-25(9-11-26)17-28(15-18-6-12-31-13-7-18)22(16-29)24-23(25)20-5-4-19(30-3)14-21(20)27(24)2/h4-5,14,18,22,29H,6-13,15-17H2,1-3H3/t22-/m0/s1. The van der Waals surface area contributed by atoms with Gasteiger partial charge in [0.05, 0.1) is 25.3 Å². The summed E-state index contributed by atoms with van der Waals surface area (Å²) in [5.74, 6) is 1.55. The highest BCUT2D eigenvalue weighted by Gasteiger charge is 2.48. The summed E-state index contributed by atoms with van der Waals surface area (Å²) in [6.07, 6.45) is 4.60. The van der Waals surface area contributed by atoms with Crippen LogP contribution in [0.2, 0.25) is 0 Å². The van der Waals surface area contributed by atoms with Crippen LogP contribution >= 0.6 is 0 Å². The van der Waals surface area contributed by atoms with Crippen molar-refractivity contribution in [3.63, 3.8) is 0 Å². The van der Waals surface area contributed by atoms with Gasteiger partial charge in [0.15, 0.2) is 0 Å². The zero-order valence-corrected chi connectivity index (χ0v) is 19.3. The molecule has 0 unspecified atom stereocenters. The number of likely N-dealkylation sites (tertiary alicyclic amines) is 1. The molecule has 6 nitrogen and oxygen atoms in total. The highest BCUT2D eigenvalue weighted by Crippen LogP contribution is 2.50. The van der Waals surface area contributed by atoms with E-state index in [0.717, 1.165) is 58.0 Å². The number of fused-ring (bicyclic) bond motifs is 4. The van der Waals surface area contributed by atoms with Gasteiger partial charge in [0.2, 0.25) is 0 Å². The molecule has 0 radical (unpaired) electrons. The summed E-state index contributed by atoms with van der Waals surface area (Å²) in [6, 6.07) is 6.54. The summed E-state index contributed by atoms with van der Waals surface area (Å²) in [5, 5.41) is 11.9. The van der Waals surface area contributed by atoms with E-state index in [1.165, 1.54) is 35.0 Å². The average molecular weight is 428 g/mol. The number of piperidine rings is 1. The number of benzene rings is 1. The average Bonchev–Trinajstić information content (AvgIpc) is 3.09. The monoisotopic (exact) mass is 427 g/mol. The van der Waals surface area contributed by atoms with Crippen molar-refractivity contribution in [1.29, 1.82) is 0 Å². The van der Waals surface area contributed by atoms with Gasteiger partial charge in [0.1, 0.15) is 5.75 Å². The van der Waals surface area contributed by atoms with Crippen molar-refractivity contribution in [2.24, 2.45) is 13.0 Å².